The van der Waals surface area contributed by atoms with Gasteiger partial charge in [-0.05, 0) is 12.5 Å². The zero-order valence-electron chi connectivity index (χ0n) is 7.21. The third kappa shape index (κ3) is 3.41. The van der Waals surface area contributed by atoms with Gasteiger partial charge in [-0.15, -0.1) is 23.7 Å². The number of halogens is 1. The molecule has 0 spiro atoms. The Labute approximate surface area is 94.2 Å². The van der Waals surface area contributed by atoms with Gasteiger partial charge in [-0.1, -0.05) is 6.20 Å². The normalized spacial score (nSPS) is 8.77. The zero-order valence-corrected chi connectivity index (χ0v) is 10.9. The van der Waals surface area contributed by atoms with Crippen LogP contribution in [0.4, 0.5) is 0 Å². The van der Waals surface area contributed by atoms with Gasteiger partial charge in [-0.25, -0.2) is 0 Å². The molecule has 1 heterocycles. The van der Waals surface area contributed by atoms with Gasteiger partial charge in [0.1, 0.15) is 0 Å². The summed E-state index contributed by atoms with van der Waals surface area (Å²) in [6.07, 6.45) is 1.46. The number of carbonyl (C=O) groups is 1. The van der Waals surface area contributed by atoms with Crippen molar-refractivity contribution in [1.29, 1.82) is 0 Å². The molecule has 13 heavy (non-hydrogen) atoms. The number of hydrogen-bond donors (Lipinski definition) is 0. The molecule has 1 aromatic rings. The van der Waals surface area contributed by atoms with Crippen LogP contribution in [0.5, 0.6) is 0 Å². The van der Waals surface area contributed by atoms with Crippen molar-refractivity contribution in [2.45, 2.75) is 6.92 Å². The van der Waals surface area contributed by atoms with Gasteiger partial charge in [0.15, 0.2) is 0 Å². The van der Waals surface area contributed by atoms with Crippen LogP contribution in [0.25, 0.3) is 0 Å². The average molecular weight is 250 g/mol. The number of esters is 1. The summed E-state index contributed by atoms with van der Waals surface area (Å²) in [4.78, 5) is 14.8. The maximum Gasteiger partial charge on any atom is 0.253 e. The van der Waals surface area contributed by atoms with Crippen LogP contribution in [0.2, 0.25) is 5.15 Å². The Kier molecular flexibility index (Phi) is 5.84. The van der Waals surface area contributed by atoms with Crippen molar-refractivity contribution in [2.75, 3.05) is 6.61 Å². The van der Waals surface area contributed by atoms with E-state index in [0.29, 0.717) is 6.61 Å². The molecule has 0 bridgehead atoms. The molecule has 0 aliphatic heterocycles. The molecule has 1 aromatic heterocycles. The molecule has 0 radical (unpaired) electrons. The van der Waals surface area contributed by atoms with Gasteiger partial charge >= 0.3 is 0 Å². The maximum absolute atomic E-state index is 11.1. The van der Waals surface area contributed by atoms with E-state index in [9.17, 15) is 4.79 Å². The van der Waals surface area contributed by atoms with Gasteiger partial charge in [-0.2, -0.15) is 0 Å². The smallest absolute Gasteiger partial charge is 0.253 e. The van der Waals surface area contributed by atoms with E-state index in [1.54, 1.807) is 6.92 Å². The predicted molar refractivity (Wildman–Crippen MR) is 44.0 cm³/mol. The second-order valence-electron chi connectivity index (χ2n) is 1.98. The summed E-state index contributed by atoms with van der Waals surface area (Å²) >= 11 is 5.61. The van der Waals surface area contributed by atoms with Crippen molar-refractivity contribution >= 4 is 17.6 Å². The molecule has 0 amide bonds. The summed E-state index contributed by atoms with van der Waals surface area (Å²) in [6.45, 7) is 2.04. The van der Waals surface area contributed by atoms with Gasteiger partial charge in [0.2, 0.25) is 0 Å². The Morgan fingerprint density at radius 2 is 2.46 bits per heavy atom. The van der Waals surface area contributed by atoms with Crippen LogP contribution in [0.15, 0.2) is 12.3 Å². The second-order valence-corrected chi connectivity index (χ2v) is 2.33. The Bertz CT molecular complexity index is 293. The van der Waals surface area contributed by atoms with Crippen molar-refractivity contribution in [3.8, 4) is 0 Å². The van der Waals surface area contributed by atoms with Gasteiger partial charge < -0.3 is 14.5 Å². The molecule has 0 saturated heterocycles. The summed E-state index contributed by atoms with van der Waals surface area (Å²) in [5.74, 6) is -0.490. The summed E-state index contributed by atoms with van der Waals surface area (Å²) in [5, 5.41) is 0.121. The number of ether oxygens (including phenoxy) is 1. The molecule has 0 saturated carbocycles. The fourth-order valence-corrected chi connectivity index (χ4v) is 0.882. The van der Waals surface area contributed by atoms with E-state index in [1.807, 2.05) is 0 Å². The monoisotopic (exact) mass is 248 g/mol. The fourth-order valence-electron chi connectivity index (χ4n) is 0.694. The van der Waals surface area contributed by atoms with Gasteiger partial charge in [-0.3, -0.25) is 0 Å². The van der Waals surface area contributed by atoms with Crippen LogP contribution < -0.4 is 0 Å². The van der Waals surface area contributed by atoms with Crippen molar-refractivity contribution in [3.63, 3.8) is 0 Å². The number of carbonyl (C=O) groups excluding carboxylic acids is 1. The first kappa shape index (κ1) is 12.5. The number of aromatic nitrogens is 1. The van der Waals surface area contributed by atoms with Crippen molar-refractivity contribution in [3.05, 3.63) is 29.0 Å². The van der Waals surface area contributed by atoms with E-state index < -0.39 is 5.97 Å². The maximum atomic E-state index is 11.1. The molecule has 3 nitrogen and oxygen atoms in total. The average Bonchev–Trinajstić information content (AvgIpc) is 2.05. The third-order valence-corrected chi connectivity index (χ3v) is 1.46. The minimum Gasteiger partial charge on any atom is -0.505 e. The van der Waals surface area contributed by atoms with E-state index in [1.165, 1.54) is 12.3 Å². The summed E-state index contributed by atoms with van der Waals surface area (Å²) in [7, 11) is 0. The molecular formula is C8H7ClNO2Zn-. The molecule has 0 aliphatic carbocycles. The van der Waals surface area contributed by atoms with Gasteiger partial charge in [0.05, 0.1) is 6.61 Å². The Morgan fingerprint density at radius 1 is 1.77 bits per heavy atom. The Hall–Kier alpha value is -0.467. The molecule has 0 aromatic carbocycles. The first-order valence-corrected chi connectivity index (χ1v) is 3.82. The zero-order chi connectivity index (χ0) is 8.97. The quantitative estimate of drug-likeness (QED) is 0.347. The van der Waals surface area contributed by atoms with Crippen molar-refractivity contribution in [2.24, 2.45) is 0 Å². The first-order valence-electron chi connectivity index (χ1n) is 3.45. The summed E-state index contributed by atoms with van der Waals surface area (Å²) < 4.78 is 4.71. The number of nitrogens with zero attached hydrogens (tertiary/aromatic N) is 1. The molecule has 0 unspecified atom stereocenters. The second kappa shape index (κ2) is 6.06. The van der Waals surface area contributed by atoms with Crippen molar-refractivity contribution < 1.29 is 29.0 Å². The molecule has 0 aliphatic rings. The molecule has 66 valence electrons. The topological polar surface area (TPSA) is 39.2 Å². The first-order chi connectivity index (χ1) is 5.75. The van der Waals surface area contributed by atoms with Crippen LogP contribution in [-0.4, -0.2) is 17.6 Å². The van der Waals surface area contributed by atoms with Gasteiger partial charge in [0, 0.05) is 24.6 Å². The van der Waals surface area contributed by atoms with Crippen LogP contribution in [0.1, 0.15) is 17.3 Å². The number of rotatable bonds is 2. The minimum absolute atomic E-state index is 0. The summed E-state index contributed by atoms with van der Waals surface area (Å²) in [5.41, 5.74) is 0.181. The van der Waals surface area contributed by atoms with E-state index in [-0.39, 0.29) is 30.2 Å². The van der Waals surface area contributed by atoms with Crippen LogP contribution >= 0.6 is 11.6 Å². The SMILES string of the molecule is CCOC(=O)c1[c-]ccnc1Cl.[Zn]. The summed E-state index contributed by atoms with van der Waals surface area (Å²) in [6, 6.07) is 4.16. The van der Waals surface area contributed by atoms with E-state index >= 15 is 0 Å². The van der Waals surface area contributed by atoms with Crippen LogP contribution in [0.3, 0.4) is 0 Å². The van der Waals surface area contributed by atoms with Crippen LogP contribution in [-0.2, 0) is 24.2 Å². The third-order valence-electron chi connectivity index (χ3n) is 1.18. The van der Waals surface area contributed by atoms with E-state index in [0.717, 1.165) is 0 Å². The molecule has 0 atom stereocenters. The number of pyridine rings is 1. The Morgan fingerprint density at radius 3 is 3.00 bits per heavy atom. The Balaban J connectivity index is 0.00000144. The van der Waals surface area contributed by atoms with Gasteiger partial charge in [0.25, 0.3) is 5.97 Å². The molecule has 1 rings (SSSR count). The molecule has 0 fully saturated rings. The van der Waals surface area contributed by atoms with E-state index in [4.69, 9.17) is 16.3 Å². The molecular weight excluding hydrogens is 243 g/mol. The fraction of sp³-hybridized carbons (Fsp3) is 0.250. The standard InChI is InChI=1S/C8H7ClNO2.Zn/c1-2-12-8(11)6-4-3-5-10-7(6)9;/h3,5H,2H2,1H3;/q-1;. The van der Waals surface area contributed by atoms with Crippen LogP contribution in [0, 0.1) is 6.07 Å². The van der Waals surface area contributed by atoms with Crippen molar-refractivity contribution in [1.82, 2.24) is 4.98 Å². The van der Waals surface area contributed by atoms with E-state index in [2.05, 4.69) is 11.1 Å². The minimum atomic E-state index is -0.490. The largest absolute Gasteiger partial charge is 0.505 e. The molecule has 0 N–H and O–H groups in total. The molecule has 5 heteroatoms. The predicted octanol–water partition coefficient (Wildman–Crippen LogP) is 1.71. The number of hydrogen-bond acceptors (Lipinski definition) is 3.